The predicted octanol–water partition coefficient (Wildman–Crippen LogP) is 1.21. The van der Waals surface area contributed by atoms with E-state index in [-0.39, 0.29) is 5.91 Å². The van der Waals surface area contributed by atoms with Gasteiger partial charge in [0.2, 0.25) is 5.91 Å². The first kappa shape index (κ1) is 13.7. The largest absolute Gasteiger partial charge is 0.398 e. The van der Waals surface area contributed by atoms with E-state index in [2.05, 4.69) is 5.32 Å². The minimum Gasteiger partial charge on any atom is -0.398 e. The Kier molecular flexibility index (Phi) is 5.15. The van der Waals surface area contributed by atoms with Crippen LogP contribution in [0.3, 0.4) is 0 Å². The van der Waals surface area contributed by atoms with Crippen LogP contribution in [-0.4, -0.2) is 22.9 Å². The summed E-state index contributed by atoms with van der Waals surface area (Å²) in [4.78, 5) is 11.7. The zero-order chi connectivity index (χ0) is 12.8. The van der Waals surface area contributed by atoms with Crippen LogP contribution in [-0.2, 0) is 15.6 Å². The minimum absolute atomic E-state index is 0.0285. The van der Waals surface area contributed by atoms with E-state index in [0.29, 0.717) is 29.2 Å². The van der Waals surface area contributed by atoms with Crippen molar-refractivity contribution in [1.82, 2.24) is 5.32 Å². The average molecular weight is 254 g/mol. The third-order valence-electron chi connectivity index (χ3n) is 2.43. The molecule has 5 heteroatoms. The lowest BCUT2D eigenvalue weighted by molar-refractivity contribution is -0.120. The third-order valence-corrected chi connectivity index (χ3v) is 3.93. The first-order valence-corrected chi connectivity index (χ1v) is 6.81. The molecule has 3 N–H and O–H groups in total. The molecule has 0 saturated carbocycles. The molecule has 0 aliphatic rings. The highest BCUT2D eigenvalue weighted by Gasteiger charge is 2.09. The molecule has 0 aromatic heterocycles. The lowest BCUT2D eigenvalue weighted by atomic mass is 10.2. The molecular formula is C12H18N2O2S. The molecule has 1 rings (SSSR count). The van der Waals surface area contributed by atoms with E-state index in [1.54, 1.807) is 13.1 Å². The standard InChI is InChI=1S/C12H18N2O2S/c1-9-5-6-10(13)11(8-9)17(16)7-3-4-12(15)14-2/h5-6,8H,3-4,7,13H2,1-2H3,(H,14,15). The summed E-state index contributed by atoms with van der Waals surface area (Å²) >= 11 is 0. The summed E-state index contributed by atoms with van der Waals surface area (Å²) in [6.45, 7) is 1.94. The zero-order valence-electron chi connectivity index (χ0n) is 10.2. The minimum atomic E-state index is -1.13. The summed E-state index contributed by atoms with van der Waals surface area (Å²) in [5.74, 6) is 0.431. The van der Waals surface area contributed by atoms with Crippen molar-refractivity contribution in [3.05, 3.63) is 23.8 Å². The number of hydrogen-bond acceptors (Lipinski definition) is 3. The number of nitrogens with one attached hydrogen (secondary N) is 1. The maximum absolute atomic E-state index is 12.0. The molecular weight excluding hydrogens is 236 g/mol. The highest BCUT2D eigenvalue weighted by molar-refractivity contribution is 7.85. The van der Waals surface area contributed by atoms with E-state index in [4.69, 9.17) is 5.73 Å². The van der Waals surface area contributed by atoms with Crippen LogP contribution >= 0.6 is 0 Å². The van der Waals surface area contributed by atoms with Crippen LogP contribution in [0, 0.1) is 6.92 Å². The lowest BCUT2D eigenvalue weighted by Crippen LogP contribution is -2.18. The summed E-state index contributed by atoms with van der Waals surface area (Å²) in [7, 11) is 0.466. The smallest absolute Gasteiger partial charge is 0.219 e. The van der Waals surface area contributed by atoms with Gasteiger partial charge in [0.15, 0.2) is 0 Å². The van der Waals surface area contributed by atoms with E-state index in [0.717, 1.165) is 5.56 Å². The van der Waals surface area contributed by atoms with Gasteiger partial charge >= 0.3 is 0 Å². The van der Waals surface area contributed by atoms with Crippen molar-refractivity contribution >= 4 is 22.4 Å². The Bertz CT molecular complexity index is 433. The number of nitrogens with two attached hydrogens (primary N) is 1. The average Bonchev–Trinajstić information content (AvgIpc) is 2.31. The summed E-state index contributed by atoms with van der Waals surface area (Å²) in [5.41, 5.74) is 7.36. The molecule has 94 valence electrons. The van der Waals surface area contributed by atoms with Crippen LogP contribution in [0.25, 0.3) is 0 Å². The molecule has 4 nitrogen and oxygen atoms in total. The molecule has 0 spiro atoms. The molecule has 1 aromatic rings. The fourth-order valence-corrected chi connectivity index (χ4v) is 2.71. The summed E-state index contributed by atoms with van der Waals surface area (Å²) in [6.07, 6.45) is 0.994. The van der Waals surface area contributed by atoms with Crippen LogP contribution in [0.5, 0.6) is 0 Å². The number of carbonyl (C=O) groups excluding carboxylic acids is 1. The van der Waals surface area contributed by atoms with Crippen LogP contribution in [0.15, 0.2) is 23.1 Å². The fourth-order valence-electron chi connectivity index (χ4n) is 1.44. The van der Waals surface area contributed by atoms with Gasteiger partial charge in [0.05, 0.1) is 15.7 Å². The van der Waals surface area contributed by atoms with Crippen molar-refractivity contribution in [1.29, 1.82) is 0 Å². The third kappa shape index (κ3) is 4.19. The summed E-state index contributed by atoms with van der Waals surface area (Å²) in [5, 5.41) is 2.54. The molecule has 0 fully saturated rings. The molecule has 1 unspecified atom stereocenters. The maximum Gasteiger partial charge on any atom is 0.219 e. The monoisotopic (exact) mass is 254 g/mol. The normalized spacial score (nSPS) is 12.1. The lowest BCUT2D eigenvalue weighted by Gasteiger charge is -2.06. The highest BCUT2D eigenvalue weighted by Crippen LogP contribution is 2.18. The molecule has 0 radical (unpaired) electrons. The summed E-state index contributed by atoms with van der Waals surface area (Å²) in [6, 6.07) is 5.49. The van der Waals surface area contributed by atoms with Gasteiger partial charge in [-0.25, -0.2) is 0 Å². The first-order valence-electron chi connectivity index (χ1n) is 5.49. The number of nitrogen functional groups attached to an aromatic ring is 1. The second-order valence-electron chi connectivity index (χ2n) is 3.87. The van der Waals surface area contributed by atoms with Crippen molar-refractivity contribution in [3.63, 3.8) is 0 Å². The molecule has 0 heterocycles. The van der Waals surface area contributed by atoms with Gasteiger partial charge in [0.1, 0.15) is 0 Å². The van der Waals surface area contributed by atoms with Crippen LogP contribution < -0.4 is 11.1 Å². The van der Waals surface area contributed by atoms with E-state index in [1.165, 1.54) is 0 Å². The van der Waals surface area contributed by atoms with Gasteiger partial charge in [-0.2, -0.15) is 0 Å². The van der Waals surface area contributed by atoms with E-state index in [1.807, 2.05) is 19.1 Å². The Morgan fingerprint density at radius 3 is 2.82 bits per heavy atom. The van der Waals surface area contributed by atoms with Crippen molar-refractivity contribution in [2.24, 2.45) is 0 Å². The van der Waals surface area contributed by atoms with Gasteiger partial charge in [-0.1, -0.05) is 6.07 Å². The Hall–Kier alpha value is -1.36. The van der Waals surface area contributed by atoms with Crippen molar-refractivity contribution < 1.29 is 9.00 Å². The topological polar surface area (TPSA) is 72.2 Å². The fraction of sp³-hybridized carbons (Fsp3) is 0.417. The van der Waals surface area contributed by atoms with Crippen molar-refractivity contribution in [2.75, 3.05) is 18.5 Å². The molecule has 0 bridgehead atoms. The number of hydrogen-bond donors (Lipinski definition) is 2. The van der Waals surface area contributed by atoms with Crippen molar-refractivity contribution in [3.8, 4) is 0 Å². The Balaban J connectivity index is 2.58. The second-order valence-corrected chi connectivity index (χ2v) is 5.41. The maximum atomic E-state index is 12.0. The van der Waals surface area contributed by atoms with Gasteiger partial charge in [-0.15, -0.1) is 0 Å². The van der Waals surface area contributed by atoms with E-state index < -0.39 is 10.8 Å². The molecule has 1 atom stereocenters. The molecule has 1 amide bonds. The number of anilines is 1. The Morgan fingerprint density at radius 2 is 2.18 bits per heavy atom. The quantitative estimate of drug-likeness (QED) is 0.776. The number of amides is 1. The second kappa shape index (κ2) is 6.39. The van der Waals surface area contributed by atoms with Gasteiger partial charge in [0.25, 0.3) is 0 Å². The van der Waals surface area contributed by atoms with Gasteiger partial charge < -0.3 is 11.1 Å². The highest BCUT2D eigenvalue weighted by atomic mass is 32.2. The predicted molar refractivity (Wildman–Crippen MR) is 70.2 cm³/mol. The van der Waals surface area contributed by atoms with Crippen LogP contribution in [0.2, 0.25) is 0 Å². The van der Waals surface area contributed by atoms with Crippen LogP contribution in [0.1, 0.15) is 18.4 Å². The number of carbonyl (C=O) groups is 1. The summed E-state index contributed by atoms with van der Waals surface area (Å²) < 4.78 is 12.0. The number of benzene rings is 1. The van der Waals surface area contributed by atoms with Crippen LogP contribution in [0.4, 0.5) is 5.69 Å². The molecule has 1 aromatic carbocycles. The Labute approximate surface area is 104 Å². The number of aryl methyl sites for hydroxylation is 1. The van der Waals surface area contributed by atoms with Gasteiger partial charge in [-0.05, 0) is 31.0 Å². The number of rotatable bonds is 5. The van der Waals surface area contributed by atoms with E-state index in [9.17, 15) is 9.00 Å². The first-order chi connectivity index (χ1) is 8.04. The molecule has 0 aliphatic carbocycles. The molecule has 0 aliphatic heterocycles. The molecule has 17 heavy (non-hydrogen) atoms. The van der Waals surface area contributed by atoms with Crippen molar-refractivity contribution in [2.45, 2.75) is 24.7 Å². The zero-order valence-corrected chi connectivity index (χ0v) is 11.0. The SMILES string of the molecule is CNC(=O)CCCS(=O)c1cc(C)ccc1N. The van der Waals surface area contributed by atoms with Gasteiger partial charge in [-0.3, -0.25) is 9.00 Å². The van der Waals surface area contributed by atoms with E-state index >= 15 is 0 Å². The molecule has 0 saturated heterocycles. The van der Waals surface area contributed by atoms with Gasteiger partial charge in [0, 0.05) is 24.9 Å². The Morgan fingerprint density at radius 1 is 1.47 bits per heavy atom.